The number of nitrogens with one attached hydrogen (secondary N) is 1. The molecule has 4 rings (SSSR count). The Balaban J connectivity index is 1.63. The summed E-state index contributed by atoms with van der Waals surface area (Å²) in [6, 6.07) is 7.88. The van der Waals surface area contributed by atoms with E-state index < -0.39 is 39.5 Å². The van der Waals surface area contributed by atoms with Crippen LogP contribution in [0.3, 0.4) is 0 Å². The van der Waals surface area contributed by atoms with Gasteiger partial charge in [-0.1, -0.05) is 24.3 Å². The molecule has 1 unspecified atom stereocenters. The van der Waals surface area contributed by atoms with E-state index in [4.69, 9.17) is 4.74 Å². The number of rotatable bonds is 9. The van der Waals surface area contributed by atoms with Crippen molar-refractivity contribution < 1.29 is 26.7 Å². The fourth-order valence-electron chi connectivity index (χ4n) is 3.22. The molecule has 0 spiro atoms. The van der Waals surface area contributed by atoms with E-state index in [2.05, 4.69) is 15.3 Å². The monoisotopic (exact) mass is 463 g/mol. The number of carbonyl (C=O) groups is 1. The maximum atomic E-state index is 14.6. The van der Waals surface area contributed by atoms with Crippen LogP contribution in [0.1, 0.15) is 41.9 Å². The molecule has 1 N–H and O–H groups in total. The molecule has 32 heavy (non-hydrogen) atoms. The summed E-state index contributed by atoms with van der Waals surface area (Å²) in [5.74, 6) is -5.18. The third-order valence-corrected chi connectivity index (χ3v) is 5.96. The van der Waals surface area contributed by atoms with Gasteiger partial charge in [-0.15, -0.1) is 0 Å². The van der Waals surface area contributed by atoms with Gasteiger partial charge in [0.15, 0.2) is 9.84 Å². The summed E-state index contributed by atoms with van der Waals surface area (Å²) in [6.45, 7) is 0. The molecule has 0 aliphatic heterocycles. The second-order valence-corrected chi connectivity index (χ2v) is 10.2. The summed E-state index contributed by atoms with van der Waals surface area (Å²) >= 11 is 0. The molecule has 2 saturated carbocycles. The van der Waals surface area contributed by atoms with Gasteiger partial charge >= 0.3 is 5.92 Å². The van der Waals surface area contributed by atoms with E-state index in [0.717, 1.165) is 30.7 Å². The second-order valence-electron chi connectivity index (χ2n) is 8.22. The first-order chi connectivity index (χ1) is 15.1. The number of halogens is 2. The van der Waals surface area contributed by atoms with Gasteiger partial charge in [0.2, 0.25) is 11.7 Å². The molecule has 1 amide bonds. The Morgan fingerprint density at radius 2 is 1.91 bits per heavy atom. The molecule has 0 saturated heterocycles. The minimum atomic E-state index is -3.36. The zero-order valence-corrected chi connectivity index (χ0v) is 18.2. The van der Waals surface area contributed by atoms with Crippen molar-refractivity contribution in [2.45, 2.75) is 37.6 Å². The van der Waals surface area contributed by atoms with E-state index in [9.17, 15) is 22.0 Å². The van der Waals surface area contributed by atoms with Gasteiger partial charge in [0, 0.05) is 23.8 Å². The highest BCUT2D eigenvalue weighted by Crippen LogP contribution is 2.48. The Morgan fingerprint density at radius 3 is 2.50 bits per heavy atom. The van der Waals surface area contributed by atoms with Crippen molar-refractivity contribution in [1.82, 2.24) is 15.3 Å². The molecule has 1 atom stereocenters. The van der Waals surface area contributed by atoms with Gasteiger partial charge in [-0.3, -0.25) is 4.79 Å². The van der Waals surface area contributed by atoms with Gasteiger partial charge < -0.3 is 10.1 Å². The van der Waals surface area contributed by atoms with Crippen molar-refractivity contribution >= 4 is 15.7 Å². The van der Waals surface area contributed by atoms with Gasteiger partial charge in [-0.25, -0.2) is 13.4 Å². The van der Waals surface area contributed by atoms with E-state index in [1.54, 1.807) is 30.3 Å². The highest BCUT2D eigenvalue weighted by molar-refractivity contribution is 7.93. The Bertz CT molecular complexity index is 1130. The number of para-hydroxylation sites is 1. The second kappa shape index (κ2) is 8.57. The van der Waals surface area contributed by atoms with Gasteiger partial charge in [-0.2, -0.15) is 13.8 Å². The molecular formula is C22H23F2N3O4S. The average molecular weight is 464 g/mol. The molecule has 170 valence electrons. The molecule has 10 heteroatoms. The van der Waals surface area contributed by atoms with E-state index in [0.29, 0.717) is 18.6 Å². The number of ether oxygens (including phenoxy) is 1. The average Bonchev–Trinajstić information content (AvgIpc) is 3.63. The molecule has 7 nitrogen and oxygen atoms in total. The van der Waals surface area contributed by atoms with E-state index in [1.807, 2.05) is 0 Å². The predicted molar refractivity (Wildman–Crippen MR) is 113 cm³/mol. The van der Waals surface area contributed by atoms with Crippen LogP contribution >= 0.6 is 0 Å². The van der Waals surface area contributed by atoms with Crippen LogP contribution in [-0.2, 0) is 15.8 Å². The number of sulfone groups is 1. The maximum absolute atomic E-state index is 14.6. The Hall–Kier alpha value is -2.88. The number of hydrogen-bond acceptors (Lipinski definition) is 6. The minimum absolute atomic E-state index is 0.106. The van der Waals surface area contributed by atoms with Crippen LogP contribution in [0.15, 0.2) is 48.0 Å². The van der Waals surface area contributed by atoms with Gasteiger partial charge in [-0.05, 0) is 43.7 Å². The number of alkyl halides is 2. The fraction of sp³-hybridized carbons (Fsp3) is 0.409. The van der Waals surface area contributed by atoms with Crippen molar-refractivity contribution in [3.8, 4) is 11.6 Å². The smallest absolute Gasteiger partial charge is 0.309 e. The lowest BCUT2D eigenvalue weighted by atomic mass is 10.1. The number of benzene rings is 1. The van der Waals surface area contributed by atoms with Gasteiger partial charge in [0.05, 0.1) is 6.04 Å². The van der Waals surface area contributed by atoms with Gasteiger partial charge in [0.25, 0.3) is 5.91 Å². The van der Waals surface area contributed by atoms with Crippen molar-refractivity contribution in [3.63, 3.8) is 0 Å². The summed E-state index contributed by atoms with van der Waals surface area (Å²) in [5.41, 5.74) is -0.109. The van der Waals surface area contributed by atoms with Gasteiger partial charge in [0.1, 0.15) is 11.3 Å². The number of aromatic nitrogens is 2. The molecule has 0 bridgehead atoms. The Labute approximate surface area is 184 Å². The van der Waals surface area contributed by atoms with E-state index in [1.165, 1.54) is 6.08 Å². The highest BCUT2D eigenvalue weighted by atomic mass is 32.2. The number of hydrogen-bond donors (Lipinski definition) is 1. The molecular weight excluding hydrogens is 440 g/mol. The minimum Gasteiger partial charge on any atom is -0.438 e. The summed E-state index contributed by atoms with van der Waals surface area (Å²) in [5, 5.41) is 3.80. The molecule has 2 aliphatic rings. The third kappa shape index (κ3) is 5.48. The molecule has 1 heterocycles. The van der Waals surface area contributed by atoms with E-state index in [-0.39, 0.29) is 17.4 Å². The van der Waals surface area contributed by atoms with Crippen LogP contribution in [0, 0.1) is 11.8 Å². The summed E-state index contributed by atoms with van der Waals surface area (Å²) in [6.07, 6.45) is 6.00. The molecule has 0 radical (unpaired) electrons. The Kier molecular flexibility index (Phi) is 5.98. The first-order valence-corrected chi connectivity index (χ1v) is 12.3. The zero-order chi connectivity index (χ0) is 22.9. The fourth-order valence-corrected chi connectivity index (χ4v) is 3.68. The SMILES string of the molecule is CS(=O)(=O)C=CC(NC(=O)c1cnc(C(F)(F)C2CC2)nc1Oc1ccccc1)C1CC1. The lowest BCUT2D eigenvalue weighted by Crippen LogP contribution is -2.35. The largest absolute Gasteiger partial charge is 0.438 e. The molecule has 1 aromatic heterocycles. The molecule has 2 aliphatic carbocycles. The van der Waals surface area contributed by atoms with Crippen molar-refractivity contribution in [2.24, 2.45) is 11.8 Å². The predicted octanol–water partition coefficient (Wildman–Crippen LogP) is 3.84. The van der Waals surface area contributed by atoms with E-state index >= 15 is 0 Å². The molecule has 2 aromatic rings. The molecule has 1 aromatic carbocycles. The van der Waals surface area contributed by atoms with Crippen LogP contribution in [0.4, 0.5) is 8.78 Å². The quantitative estimate of drug-likeness (QED) is 0.607. The van der Waals surface area contributed by atoms with Crippen LogP contribution in [-0.4, -0.2) is 36.6 Å². The Morgan fingerprint density at radius 1 is 1.22 bits per heavy atom. The lowest BCUT2D eigenvalue weighted by Gasteiger charge is -2.18. The first kappa shape index (κ1) is 22.3. The summed E-state index contributed by atoms with van der Waals surface area (Å²) in [7, 11) is -3.36. The summed E-state index contributed by atoms with van der Waals surface area (Å²) < 4.78 is 57.8. The third-order valence-electron chi connectivity index (χ3n) is 5.31. The normalized spacial score (nSPS) is 17.8. The standard InChI is InChI=1S/C22H23F2N3O4S/c1-32(29,30)12-11-18(14-7-8-14)26-19(28)17-13-25-21(22(23,24)15-9-10-15)27-20(17)31-16-5-3-2-4-6-16/h2-6,11-15,18H,7-10H2,1H3,(H,26,28). The van der Waals surface area contributed by atoms with Crippen molar-refractivity contribution in [2.75, 3.05) is 6.26 Å². The number of carbonyl (C=O) groups excluding carboxylic acids is 1. The van der Waals surface area contributed by atoms with Crippen LogP contribution in [0.5, 0.6) is 11.6 Å². The maximum Gasteiger partial charge on any atom is 0.309 e. The summed E-state index contributed by atoms with van der Waals surface area (Å²) in [4.78, 5) is 20.7. The van der Waals surface area contributed by atoms with Crippen LogP contribution < -0.4 is 10.1 Å². The number of nitrogens with zero attached hydrogens (tertiary/aromatic N) is 2. The number of amides is 1. The topological polar surface area (TPSA) is 98.2 Å². The van der Waals surface area contributed by atoms with Crippen molar-refractivity contribution in [1.29, 1.82) is 0 Å². The van der Waals surface area contributed by atoms with Crippen LogP contribution in [0.2, 0.25) is 0 Å². The highest BCUT2D eigenvalue weighted by Gasteiger charge is 2.50. The molecule has 2 fully saturated rings. The van der Waals surface area contributed by atoms with Crippen molar-refractivity contribution in [3.05, 3.63) is 59.4 Å². The first-order valence-electron chi connectivity index (χ1n) is 10.3. The van der Waals surface area contributed by atoms with Crippen LogP contribution in [0.25, 0.3) is 0 Å². The zero-order valence-electron chi connectivity index (χ0n) is 17.4. The lowest BCUT2D eigenvalue weighted by molar-refractivity contribution is -0.0379.